The topological polar surface area (TPSA) is 56.7 Å². The quantitative estimate of drug-likeness (QED) is 0.829. The summed E-state index contributed by atoms with van der Waals surface area (Å²) in [5.74, 6) is 3.74. The van der Waals surface area contributed by atoms with Crippen LogP contribution in [-0.4, -0.2) is 14.8 Å². The van der Waals surface area contributed by atoms with Crippen LogP contribution in [0.3, 0.4) is 0 Å². The van der Waals surface area contributed by atoms with Crippen molar-refractivity contribution in [2.45, 2.75) is 64.5 Å². The van der Waals surface area contributed by atoms with Crippen LogP contribution in [0.4, 0.5) is 0 Å². The van der Waals surface area contributed by atoms with Gasteiger partial charge in [0.05, 0.1) is 5.54 Å². The molecule has 4 heteroatoms. The Bertz CT molecular complexity index is 429. The van der Waals surface area contributed by atoms with Crippen molar-refractivity contribution in [1.29, 1.82) is 0 Å². The molecule has 1 fully saturated rings. The summed E-state index contributed by atoms with van der Waals surface area (Å²) in [5.41, 5.74) is 6.40. The highest BCUT2D eigenvalue weighted by atomic mass is 15.3. The van der Waals surface area contributed by atoms with Gasteiger partial charge in [-0.25, -0.2) is 0 Å². The van der Waals surface area contributed by atoms with Crippen molar-refractivity contribution in [2.24, 2.45) is 17.6 Å². The Hall–Kier alpha value is -0.900. The van der Waals surface area contributed by atoms with E-state index in [0.29, 0.717) is 0 Å². The average Bonchev–Trinajstić information content (AvgIpc) is 2.76. The molecule has 3 rings (SSSR count). The second-order valence-corrected chi connectivity index (χ2v) is 6.53. The number of hydrogen-bond donors (Lipinski definition) is 1. The Morgan fingerprint density at radius 3 is 2.56 bits per heavy atom. The van der Waals surface area contributed by atoms with Crippen LogP contribution in [0.5, 0.6) is 0 Å². The molecule has 0 spiro atoms. The average molecular weight is 248 g/mol. The first-order valence-corrected chi connectivity index (χ1v) is 7.30. The number of nitrogens with zero attached hydrogens (tertiary/aromatic N) is 3. The molecule has 1 atom stereocenters. The van der Waals surface area contributed by atoms with Crippen LogP contribution in [0.25, 0.3) is 0 Å². The molecule has 0 saturated heterocycles. The van der Waals surface area contributed by atoms with Gasteiger partial charge in [-0.2, -0.15) is 0 Å². The fraction of sp³-hybridized carbons (Fsp3) is 0.857. The van der Waals surface area contributed by atoms with Crippen molar-refractivity contribution in [3.63, 3.8) is 0 Å². The first-order valence-electron chi connectivity index (χ1n) is 7.30. The second-order valence-electron chi connectivity index (χ2n) is 6.53. The maximum atomic E-state index is 6.62. The van der Waals surface area contributed by atoms with Gasteiger partial charge in [0.1, 0.15) is 5.82 Å². The van der Waals surface area contributed by atoms with Gasteiger partial charge in [-0.05, 0) is 43.9 Å². The molecule has 18 heavy (non-hydrogen) atoms. The molecular weight excluding hydrogens is 224 g/mol. The number of aromatic nitrogens is 3. The monoisotopic (exact) mass is 248 g/mol. The van der Waals surface area contributed by atoms with Crippen molar-refractivity contribution in [3.05, 3.63) is 11.6 Å². The maximum Gasteiger partial charge on any atom is 0.153 e. The normalized spacial score (nSPS) is 36.4. The summed E-state index contributed by atoms with van der Waals surface area (Å²) in [6.45, 7) is 5.66. The van der Waals surface area contributed by atoms with Gasteiger partial charge in [-0.1, -0.05) is 13.8 Å². The zero-order valence-corrected chi connectivity index (χ0v) is 11.5. The number of nitrogens with two attached hydrogens (primary N) is 1. The summed E-state index contributed by atoms with van der Waals surface area (Å²) >= 11 is 0. The third-order valence-electron chi connectivity index (χ3n) is 4.82. The fourth-order valence-corrected chi connectivity index (χ4v) is 3.35. The van der Waals surface area contributed by atoms with Gasteiger partial charge in [0.25, 0.3) is 0 Å². The zero-order chi connectivity index (χ0) is 12.8. The van der Waals surface area contributed by atoms with E-state index in [1.807, 2.05) is 0 Å². The minimum absolute atomic E-state index is 0.224. The van der Waals surface area contributed by atoms with Gasteiger partial charge in [-0.15, -0.1) is 10.2 Å². The molecule has 1 aromatic rings. The van der Waals surface area contributed by atoms with E-state index in [4.69, 9.17) is 5.73 Å². The third-order valence-corrected chi connectivity index (χ3v) is 4.82. The van der Waals surface area contributed by atoms with E-state index in [2.05, 4.69) is 28.6 Å². The van der Waals surface area contributed by atoms with Crippen molar-refractivity contribution >= 4 is 0 Å². The predicted molar refractivity (Wildman–Crippen MR) is 71.0 cm³/mol. The molecule has 100 valence electrons. The molecule has 1 saturated carbocycles. The Morgan fingerprint density at radius 1 is 1.11 bits per heavy atom. The first-order chi connectivity index (χ1) is 8.58. The summed E-state index contributed by atoms with van der Waals surface area (Å²) in [6.07, 6.45) is 6.83. The molecule has 4 nitrogen and oxygen atoms in total. The summed E-state index contributed by atoms with van der Waals surface area (Å²) in [6, 6.07) is 0. The van der Waals surface area contributed by atoms with E-state index in [-0.39, 0.29) is 5.54 Å². The summed E-state index contributed by atoms with van der Waals surface area (Å²) in [5, 5.41) is 8.82. The van der Waals surface area contributed by atoms with Crippen LogP contribution < -0.4 is 5.73 Å². The predicted octanol–water partition coefficient (Wildman–Crippen LogP) is 2.22. The molecule has 1 unspecified atom stereocenters. The molecule has 2 N–H and O–H groups in total. The Kier molecular flexibility index (Phi) is 2.93. The van der Waals surface area contributed by atoms with Crippen LogP contribution in [0.1, 0.15) is 57.6 Å². The van der Waals surface area contributed by atoms with Crippen LogP contribution in [-0.2, 0) is 18.5 Å². The maximum absolute atomic E-state index is 6.62. The van der Waals surface area contributed by atoms with Crippen molar-refractivity contribution in [3.8, 4) is 0 Å². The molecule has 2 heterocycles. The molecule has 0 bridgehead atoms. The SMILES string of the molecule is CC1CCC(N)(c2nnc3n2CCC(C)C3)CC1. The van der Waals surface area contributed by atoms with Gasteiger partial charge in [0, 0.05) is 13.0 Å². The lowest BCUT2D eigenvalue weighted by atomic mass is 9.77. The third kappa shape index (κ3) is 1.96. The Morgan fingerprint density at radius 2 is 1.83 bits per heavy atom. The lowest BCUT2D eigenvalue weighted by Gasteiger charge is -2.36. The van der Waals surface area contributed by atoms with Gasteiger partial charge in [-0.3, -0.25) is 0 Å². The van der Waals surface area contributed by atoms with E-state index >= 15 is 0 Å². The molecule has 2 aliphatic rings. The standard InChI is InChI=1S/C14H24N4/c1-10-3-6-14(15,7-4-10)13-17-16-12-9-11(2)5-8-18(12)13/h10-11H,3-9,15H2,1-2H3. The van der Waals surface area contributed by atoms with Gasteiger partial charge in [0.2, 0.25) is 0 Å². The van der Waals surface area contributed by atoms with Gasteiger partial charge in [0.15, 0.2) is 5.82 Å². The summed E-state index contributed by atoms with van der Waals surface area (Å²) in [7, 11) is 0. The van der Waals surface area contributed by atoms with E-state index < -0.39 is 0 Å². The van der Waals surface area contributed by atoms with Crippen molar-refractivity contribution in [1.82, 2.24) is 14.8 Å². The van der Waals surface area contributed by atoms with E-state index in [9.17, 15) is 0 Å². The summed E-state index contributed by atoms with van der Waals surface area (Å²) < 4.78 is 2.30. The second kappa shape index (κ2) is 4.34. The van der Waals surface area contributed by atoms with Gasteiger partial charge < -0.3 is 10.3 Å². The van der Waals surface area contributed by atoms with E-state index in [1.165, 1.54) is 19.3 Å². The van der Waals surface area contributed by atoms with Gasteiger partial charge >= 0.3 is 0 Å². The largest absolute Gasteiger partial charge is 0.319 e. The highest BCUT2D eigenvalue weighted by Crippen LogP contribution is 2.37. The molecule has 1 aromatic heterocycles. The Balaban J connectivity index is 1.89. The molecule has 0 aromatic carbocycles. The fourth-order valence-electron chi connectivity index (χ4n) is 3.35. The molecule has 1 aliphatic heterocycles. The van der Waals surface area contributed by atoms with Crippen LogP contribution in [0.15, 0.2) is 0 Å². The number of fused-ring (bicyclic) bond motifs is 1. The zero-order valence-electron chi connectivity index (χ0n) is 11.5. The van der Waals surface area contributed by atoms with Crippen LogP contribution in [0.2, 0.25) is 0 Å². The minimum Gasteiger partial charge on any atom is -0.319 e. The smallest absolute Gasteiger partial charge is 0.153 e. The highest BCUT2D eigenvalue weighted by Gasteiger charge is 2.37. The van der Waals surface area contributed by atoms with E-state index in [0.717, 1.165) is 49.3 Å². The lowest BCUT2D eigenvalue weighted by Crippen LogP contribution is -2.43. The highest BCUT2D eigenvalue weighted by molar-refractivity contribution is 5.11. The molecule has 0 amide bonds. The van der Waals surface area contributed by atoms with Crippen molar-refractivity contribution < 1.29 is 0 Å². The molecular formula is C14H24N4. The lowest BCUT2D eigenvalue weighted by molar-refractivity contribution is 0.226. The molecule has 0 radical (unpaired) electrons. The Labute approximate surface area is 109 Å². The number of rotatable bonds is 1. The summed E-state index contributed by atoms with van der Waals surface area (Å²) in [4.78, 5) is 0. The van der Waals surface area contributed by atoms with Crippen LogP contribution in [0, 0.1) is 11.8 Å². The van der Waals surface area contributed by atoms with E-state index in [1.54, 1.807) is 0 Å². The molecule has 1 aliphatic carbocycles. The van der Waals surface area contributed by atoms with Crippen molar-refractivity contribution in [2.75, 3.05) is 0 Å². The number of hydrogen-bond acceptors (Lipinski definition) is 3. The minimum atomic E-state index is -0.224. The first kappa shape index (κ1) is 12.2. The van der Waals surface area contributed by atoms with Crippen LogP contribution >= 0.6 is 0 Å².